The SMILES string of the molecule is CCCONC(=COC(C)=O)C(=O)OCC. The summed E-state index contributed by atoms with van der Waals surface area (Å²) in [7, 11) is 0. The molecule has 0 aliphatic heterocycles. The highest BCUT2D eigenvalue weighted by Crippen LogP contribution is 1.96. The van der Waals surface area contributed by atoms with Crippen LogP contribution < -0.4 is 5.48 Å². The van der Waals surface area contributed by atoms with Gasteiger partial charge in [0.2, 0.25) is 0 Å². The molecular formula is C10H17NO5. The zero-order chi connectivity index (χ0) is 12.4. The Morgan fingerprint density at radius 2 is 2.00 bits per heavy atom. The van der Waals surface area contributed by atoms with Crippen LogP contribution in [0, 0.1) is 0 Å². The van der Waals surface area contributed by atoms with Crippen LogP contribution in [0.1, 0.15) is 27.2 Å². The quantitative estimate of drug-likeness (QED) is 0.230. The Balaban J connectivity index is 4.31. The number of nitrogens with one attached hydrogen (secondary N) is 1. The first kappa shape index (κ1) is 14.4. The maximum atomic E-state index is 11.3. The number of hydrogen-bond donors (Lipinski definition) is 1. The Bertz CT molecular complexity index is 262. The van der Waals surface area contributed by atoms with Crippen molar-refractivity contribution in [1.29, 1.82) is 0 Å². The number of carbonyl (C=O) groups is 2. The highest BCUT2D eigenvalue weighted by molar-refractivity contribution is 5.87. The second-order valence-electron chi connectivity index (χ2n) is 2.81. The van der Waals surface area contributed by atoms with E-state index in [1.807, 2.05) is 6.92 Å². The third-order valence-electron chi connectivity index (χ3n) is 1.33. The van der Waals surface area contributed by atoms with E-state index in [1.54, 1.807) is 6.92 Å². The largest absolute Gasteiger partial charge is 0.461 e. The third-order valence-corrected chi connectivity index (χ3v) is 1.33. The molecule has 0 fully saturated rings. The predicted molar refractivity (Wildman–Crippen MR) is 55.9 cm³/mol. The monoisotopic (exact) mass is 231 g/mol. The molecule has 0 aromatic carbocycles. The van der Waals surface area contributed by atoms with Crippen molar-refractivity contribution in [3.63, 3.8) is 0 Å². The highest BCUT2D eigenvalue weighted by Gasteiger charge is 2.11. The summed E-state index contributed by atoms with van der Waals surface area (Å²) in [5.74, 6) is -1.17. The first-order valence-electron chi connectivity index (χ1n) is 5.04. The van der Waals surface area contributed by atoms with E-state index in [9.17, 15) is 9.59 Å². The molecule has 0 amide bonds. The minimum absolute atomic E-state index is 0.0505. The van der Waals surface area contributed by atoms with Crippen molar-refractivity contribution >= 4 is 11.9 Å². The van der Waals surface area contributed by atoms with Gasteiger partial charge in [0.05, 0.1) is 13.2 Å². The Morgan fingerprint density at radius 1 is 1.31 bits per heavy atom. The van der Waals surface area contributed by atoms with Crippen LogP contribution in [0.2, 0.25) is 0 Å². The van der Waals surface area contributed by atoms with E-state index >= 15 is 0 Å². The average Bonchev–Trinajstić information content (AvgIpc) is 2.23. The number of ether oxygens (including phenoxy) is 2. The van der Waals surface area contributed by atoms with E-state index in [0.29, 0.717) is 6.61 Å². The van der Waals surface area contributed by atoms with Crippen molar-refractivity contribution in [2.45, 2.75) is 27.2 Å². The summed E-state index contributed by atoms with van der Waals surface area (Å²) in [6.45, 7) is 5.48. The van der Waals surface area contributed by atoms with Gasteiger partial charge in [0.1, 0.15) is 6.26 Å². The Hall–Kier alpha value is -1.56. The second kappa shape index (κ2) is 8.72. The first-order valence-corrected chi connectivity index (χ1v) is 5.04. The van der Waals surface area contributed by atoms with Crippen LogP contribution in [0.25, 0.3) is 0 Å². The Labute approximate surface area is 94.5 Å². The van der Waals surface area contributed by atoms with Crippen molar-refractivity contribution < 1.29 is 23.9 Å². The molecule has 92 valence electrons. The molecular weight excluding hydrogens is 214 g/mol. The van der Waals surface area contributed by atoms with Gasteiger partial charge in [-0.25, -0.2) is 4.79 Å². The standard InChI is InChI=1S/C10H17NO5/c1-4-6-16-11-9(7-15-8(3)12)10(13)14-5-2/h7,11H,4-6H2,1-3H3. The summed E-state index contributed by atoms with van der Waals surface area (Å²) >= 11 is 0. The van der Waals surface area contributed by atoms with E-state index in [4.69, 9.17) is 9.57 Å². The highest BCUT2D eigenvalue weighted by atomic mass is 16.7. The average molecular weight is 231 g/mol. The van der Waals surface area contributed by atoms with E-state index < -0.39 is 11.9 Å². The van der Waals surface area contributed by atoms with Gasteiger partial charge < -0.3 is 9.47 Å². The van der Waals surface area contributed by atoms with Gasteiger partial charge in [0.15, 0.2) is 5.70 Å². The zero-order valence-corrected chi connectivity index (χ0v) is 9.74. The lowest BCUT2D eigenvalue weighted by atomic mass is 10.5. The molecule has 0 rings (SSSR count). The molecule has 6 heteroatoms. The molecule has 0 aliphatic carbocycles. The van der Waals surface area contributed by atoms with Gasteiger partial charge in [-0.05, 0) is 13.3 Å². The topological polar surface area (TPSA) is 73.9 Å². The molecule has 1 N–H and O–H groups in total. The van der Waals surface area contributed by atoms with Crippen LogP contribution in [-0.2, 0) is 23.9 Å². The zero-order valence-electron chi connectivity index (χ0n) is 9.74. The van der Waals surface area contributed by atoms with Gasteiger partial charge in [-0.3, -0.25) is 15.1 Å². The fourth-order valence-electron chi connectivity index (χ4n) is 0.695. The number of hydroxylamine groups is 1. The Morgan fingerprint density at radius 3 is 2.50 bits per heavy atom. The maximum absolute atomic E-state index is 11.3. The third kappa shape index (κ3) is 6.83. The number of esters is 2. The number of hydrogen-bond acceptors (Lipinski definition) is 6. The lowest BCUT2D eigenvalue weighted by Gasteiger charge is -2.08. The normalized spacial score (nSPS) is 10.8. The van der Waals surface area contributed by atoms with Crippen molar-refractivity contribution in [3.05, 3.63) is 12.0 Å². The maximum Gasteiger partial charge on any atom is 0.359 e. The van der Waals surface area contributed by atoms with Crippen LogP contribution in [-0.4, -0.2) is 25.2 Å². The van der Waals surface area contributed by atoms with E-state index in [2.05, 4.69) is 10.2 Å². The molecule has 0 aromatic rings. The van der Waals surface area contributed by atoms with Gasteiger partial charge in [0, 0.05) is 6.92 Å². The Kier molecular flexibility index (Phi) is 7.87. The van der Waals surface area contributed by atoms with Crippen LogP contribution >= 0.6 is 0 Å². The minimum Gasteiger partial charge on any atom is -0.461 e. The van der Waals surface area contributed by atoms with Gasteiger partial charge in [0.25, 0.3) is 0 Å². The van der Waals surface area contributed by atoms with Crippen LogP contribution in [0.3, 0.4) is 0 Å². The van der Waals surface area contributed by atoms with Crippen molar-refractivity contribution in [2.75, 3.05) is 13.2 Å². The molecule has 0 saturated heterocycles. The number of rotatable bonds is 7. The minimum atomic E-state index is -0.639. The van der Waals surface area contributed by atoms with Crippen LogP contribution in [0.5, 0.6) is 0 Å². The summed E-state index contributed by atoms with van der Waals surface area (Å²) in [4.78, 5) is 26.8. The molecule has 0 bridgehead atoms. The summed E-state index contributed by atoms with van der Waals surface area (Å²) in [5.41, 5.74) is 2.32. The van der Waals surface area contributed by atoms with Gasteiger partial charge >= 0.3 is 11.9 Å². The van der Waals surface area contributed by atoms with Crippen LogP contribution in [0.4, 0.5) is 0 Å². The number of carbonyl (C=O) groups excluding carboxylic acids is 2. The fourth-order valence-corrected chi connectivity index (χ4v) is 0.695. The molecule has 0 aromatic heterocycles. The second-order valence-corrected chi connectivity index (χ2v) is 2.81. The lowest BCUT2D eigenvalue weighted by Crippen LogP contribution is -2.23. The molecule has 0 aliphatic rings. The lowest BCUT2D eigenvalue weighted by molar-refractivity contribution is -0.141. The van der Waals surface area contributed by atoms with Gasteiger partial charge in [-0.1, -0.05) is 6.92 Å². The van der Waals surface area contributed by atoms with Gasteiger partial charge in [-0.15, -0.1) is 0 Å². The molecule has 16 heavy (non-hydrogen) atoms. The molecule has 0 radical (unpaired) electrons. The molecule has 0 spiro atoms. The molecule has 0 unspecified atom stereocenters. The fraction of sp³-hybridized carbons (Fsp3) is 0.600. The predicted octanol–water partition coefficient (Wildman–Crippen LogP) is 0.885. The van der Waals surface area contributed by atoms with Crippen LogP contribution in [0.15, 0.2) is 12.0 Å². The summed E-state index contributed by atoms with van der Waals surface area (Å²) in [5, 5.41) is 0. The van der Waals surface area contributed by atoms with Crippen molar-refractivity contribution in [3.8, 4) is 0 Å². The summed E-state index contributed by atoms with van der Waals surface area (Å²) in [6.07, 6.45) is 1.76. The molecule has 0 atom stereocenters. The molecule has 0 heterocycles. The smallest absolute Gasteiger partial charge is 0.359 e. The summed E-state index contributed by atoms with van der Waals surface area (Å²) in [6, 6.07) is 0. The first-order chi connectivity index (χ1) is 7.61. The van der Waals surface area contributed by atoms with Crippen molar-refractivity contribution in [2.24, 2.45) is 0 Å². The van der Waals surface area contributed by atoms with E-state index in [0.717, 1.165) is 12.7 Å². The van der Waals surface area contributed by atoms with E-state index in [-0.39, 0.29) is 12.3 Å². The van der Waals surface area contributed by atoms with Crippen molar-refractivity contribution in [1.82, 2.24) is 5.48 Å². The van der Waals surface area contributed by atoms with Gasteiger partial charge in [-0.2, -0.15) is 0 Å². The molecule has 6 nitrogen and oxygen atoms in total. The summed E-state index contributed by atoms with van der Waals surface area (Å²) < 4.78 is 9.28. The molecule has 0 saturated carbocycles. The van der Waals surface area contributed by atoms with E-state index in [1.165, 1.54) is 6.92 Å².